The fraction of sp³-hybridized carbons (Fsp3) is 0.444. The molecule has 0 aromatic heterocycles. The van der Waals surface area contributed by atoms with Gasteiger partial charge in [-0.2, -0.15) is 0 Å². The molecule has 0 spiro atoms. The van der Waals surface area contributed by atoms with Crippen molar-refractivity contribution in [2.45, 2.75) is 32.6 Å². The molecule has 1 heterocycles. The van der Waals surface area contributed by atoms with E-state index in [1.807, 2.05) is 38.1 Å². The Kier molecular flexibility index (Phi) is 7.20. The third kappa shape index (κ3) is 5.08. The first-order chi connectivity index (χ1) is 16.3. The maximum Gasteiger partial charge on any atom is 0.407 e. The molecular weight excluding hydrogens is 432 g/mol. The van der Waals surface area contributed by atoms with Crippen LogP contribution >= 0.6 is 0 Å². The first-order valence-corrected chi connectivity index (χ1v) is 12.0. The van der Waals surface area contributed by atoms with E-state index in [1.54, 1.807) is 4.90 Å². The summed E-state index contributed by atoms with van der Waals surface area (Å²) in [5, 5.41) is 12.0. The molecule has 1 aliphatic carbocycles. The molecule has 2 atom stereocenters. The highest BCUT2D eigenvalue weighted by molar-refractivity contribution is 5.82. The molecule has 2 aromatic rings. The van der Waals surface area contributed by atoms with Gasteiger partial charge in [0.1, 0.15) is 6.61 Å². The number of benzene rings is 2. The van der Waals surface area contributed by atoms with E-state index in [-0.39, 0.29) is 37.4 Å². The molecule has 0 bridgehead atoms. The zero-order valence-corrected chi connectivity index (χ0v) is 19.7. The summed E-state index contributed by atoms with van der Waals surface area (Å²) in [5.74, 6) is -1.66. The van der Waals surface area contributed by atoms with E-state index in [2.05, 4.69) is 29.6 Å². The highest BCUT2D eigenvalue weighted by Gasteiger charge is 2.34. The Morgan fingerprint density at radius 1 is 1.06 bits per heavy atom. The van der Waals surface area contributed by atoms with Gasteiger partial charge in [0.15, 0.2) is 0 Å². The maximum atomic E-state index is 13.0. The summed E-state index contributed by atoms with van der Waals surface area (Å²) in [7, 11) is 0. The van der Waals surface area contributed by atoms with Crippen LogP contribution in [0.1, 0.15) is 43.7 Å². The SMILES string of the molecule is CC(C)CC(CNC(=O)OCC1c2ccccc2-c2ccccc21)C(=O)N1CCC(C(=O)O)C1. The molecule has 0 radical (unpaired) electrons. The fourth-order valence-electron chi connectivity index (χ4n) is 5.12. The summed E-state index contributed by atoms with van der Waals surface area (Å²) < 4.78 is 5.60. The van der Waals surface area contributed by atoms with Crippen molar-refractivity contribution in [3.8, 4) is 11.1 Å². The molecule has 2 aliphatic rings. The Labute approximate surface area is 200 Å². The molecule has 2 amide bonds. The molecule has 180 valence electrons. The average Bonchev–Trinajstić information content (AvgIpc) is 3.44. The van der Waals surface area contributed by atoms with Gasteiger partial charge in [0, 0.05) is 25.6 Å². The molecule has 7 heteroatoms. The average molecular weight is 465 g/mol. The Morgan fingerprint density at radius 3 is 2.24 bits per heavy atom. The van der Waals surface area contributed by atoms with Gasteiger partial charge in [-0.1, -0.05) is 62.4 Å². The zero-order chi connectivity index (χ0) is 24.2. The molecule has 2 N–H and O–H groups in total. The van der Waals surface area contributed by atoms with Crippen molar-refractivity contribution in [2.75, 3.05) is 26.2 Å². The van der Waals surface area contributed by atoms with Crippen molar-refractivity contribution < 1.29 is 24.2 Å². The number of nitrogens with one attached hydrogen (secondary N) is 1. The molecule has 2 aromatic carbocycles. The van der Waals surface area contributed by atoms with Crippen molar-refractivity contribution >= 4 is 18.0 Å². The number of carboxylic acids is 1. The van der Waals surface area contributed by atoms with Crippen LogP contribution in [0.4, 0.5) is 4.79 Å². The van der Waals surface area contributed by atoms with Crippen LogP contribution in [-0.2, 0) is 14.3 Å². The largest absolute Gasteiger partial charge is 0.481 e. The molecular formula is C27H32N2O5. The lowest BCUT2D eigenvalue weighted by atomic mass is 9.95. The van der Waals surface area contributed by atoms with E-state index in [0.717, 1.165) is 11.1 Å². The Morgan fingerprint density at radius 2 is 1.68 bits per heavy atom. The van der Waals surface area contributed by atoms with Gasteiger partial charge >= 0.3 is 12.1 Å². The van der Waals surface area contributed by atoms with Gasteiger partial charge in [-0.25, -0.2) is 4.79 Å². The van der Waals surface area contributed by atoms with Crippen LogP contribution < -0.4 is 5.32 Å². The number of fused-ring (bicyclic) bond motifs is 3. The van der Waals surface area contributed by atoms with Crippen molar-refractivity contribution in [1.82, 2.24) is 10.2 Å². The monoisotopic (exact) mass is 464 g/mol. The smallest absolute Gasteiger partial charge is 0.407 e. The summed E-state index contributed by atoms with van der Waals surface area (Å²) >= 11 is 0. The predicted octanol–water partition coefficient (Wildman–Crippen LogP) is 4.12. The highest BCUT2D eigenvalue weighted by Crippen LogP contribution is 2.44. The number of hydrogen-bond acceptors (Lipinski definition) is 4. The van der Waals surface area contributed by atoms with Gasteiger partial charge in [0.2, 0.25) is 5.91 Å². The third-order valence-corrected chi connectivity index (χ3v) is 6.79. The predicted molar refractivity (Wildman–Crippen MR) is 128 cm³/mol. The normalized spacial score (nSPS) is 17.9. The van der Waals surface area contributed by atoms with Gasteiger partial charge in [-0.05, 0) is 41.0 Å². The second-order valence-electron chi connectivity index (χ2n) is 9.64. The van der Waals surface area contributed by atoms with Crippen LogP contribution in [0, 0.1) is 17.8 Å². The van der Waals surface area contributed by atoms with Crippen LogP contribution in [0.5, 0.6) is 0 Å². The van der Waals surface area contributed by atoms with Gasteiger partial charge in [0.05, 0.1) is 11.8 Å². The van der Waals surface area contributed by atoms with Crippen LogP contribution in [0.3, 0.4) is 0 Å². The molecule has 1 saturated heterocycles. The van der Waals surface area contributed by atoms with E-state index in [0.29, 0.717) is 19.4 Å². The minimum absolute atomic E-state index is 0.0243. The van der Waals surface area contributed by atoms with Crippen molar-refractivity contribution in [1.29, 1.82) is 0 Å². The standard InChI is InChI=1S/C27H32N2O5/c1-17(2)13-19(25(30)29-12-11-18(15-29)26(31)32)14-28-27(33)34-16-24-22-9-5-3-7-20(22)21-8-4-6-10-23(21)24/h3-10,17-19,24H,11-16H2,1-2H3,(H,28,33)(H,31,32). The number of nitrogens with zero attached hydrogens (tertiary/aromatic N) is 1. The van der Waals surface area contributed by atoms with Gasteiger partial charge in [0.25, 0.3) is 0 Å². The van der Waals surface area contributed by atoms with Crippen LogP contribution in [-0.4, -0.2) is 54.2 Å². The summed E-state index contributed by atoms with van der Waals surface area (Å²) in [6.45, 7) is 5.11. The quantitative estimate of drug-likeness (QED) is 0.613. The molecule has 0 saturated carbocycles. The number of ether oxygens (including phenoxy) is 1. The minimum atomic E-state index is -0.868. The van der Waals surface area contributed by atoms with Crippen molar-refractivity contribution in [3.63, 3.8) is 0 Å². The second kappa shape index (κ2) is 10.3. The first-order valence-electron chi connectivity index (χ1n) is 12.0. The zero-order valence-electron chi connectivity index (χ0n) is 19.7. The number of carboxylic acid groups (broad SMARTS) is 1. The molecule has 4 rings (SSSR count). The van der Waals surface area contributed by atoms with Gasteiger partial charge < -0.3 is 20.1 Å². The fourth-order valence-corrected chi connectivity index (χ4v) is 5.12. The van der Waals surface area contributed by atoms with E-state index in [9.17, 15) is 19.5 Å². The van der Waals surface area contributed by atoms with Crippen molar-refractivity contribution in [3.05, 3.63) is 59.7 Å². The van der Waals surface area contributed by atoms with Gasteiger partial charge in [-0.15, -0.1) is 0 Å². The van der Waals surface area contributed by atoms with E-state index in [4.69, 9.17) is 4.74 Å². The highest BCUT2D eigenvalue weighted by atomic mass is 16.5. The van der Waals surface area contributed by atoms with E-state index in [1.165, 1.54) is 11.1 Å². The summed E-state index contributed by atoms with van der Waals surface area (Å²) in [6, 6.07) is 16.3. The molecule has 1 fully saturated rings. The van der Waals surface area contributed by atoms with Gasteiger partial charge in [-0.3, -0.25) is 9.59 Å². The Bertz CT molecular complexity index is 1020. The summed E-state index contributed by atoms with van der Waals surface area (Å²) in [6.07, 6.45) is 0.527. The summed E-state index contributed by atoms with van der Waals surface area (Å²) in [5.41, 5.74) is 4.62. The number of rotatable bonds is 8. The van der Waals surface area contributed by atoms with Crippen LogP contribution in [0.15, 0.2) is 48.5 Å². The molecule has 34 heavy (non-hydrogen) atoms. The lowest BCUT2D eigenvalue weighted by Crippen LogP contribution is -2.41. The Balaban J connectivity index is 1.35. The van der Waals surface area contributed by atoms with Crippen molar-refractivity contribution in [2.24, 2.45) is 17.8 Å². The number of amides is 2. The Hall–Kier alpha value is -3.35. The van der Waals surface area contributed by atoms with Crippen LogP contribution in [0.2, 0.25) is 0 Å². The number of alkyl carbamates (subject to hydrolysis) is 1. The number of carbonyl (C=O) groups is 3. The number of carbonyl (C=O) groups excluding carboxylic acids is 2. The molecule has 2 unspecified atom stereocenters. The molecule has 7 nitrogen and oxygen atoms in total. The number of likely N-dealkylation sites (tertiary alicyclic amines) is 1. The van der Waals surface area contributed by atoms with E-state index >= 15 is 0 Å². The maximum absolute atomic E-state index is 13.0. The lowest BCUT2D eigenvalue weighted by molar-refractivity contribution is -0.141. The topological polar surface area (TPSA) is 95.9 Å². The number of hydrogen-bond donors (Lipinski definition) is 2. The minimum Gasteiger partial charge on any atom is -0.481 e. The third-order valence-electron chi connectivity index (χ3n) is 6.79. The summed E-state index contributed by atoms with van der Waals surface area (Å²) in [4.78, 5) is 38.5. The molecule has 1 aliphatic heterocycles. The first kappa shape index (κ1) is 23.8. The second-order valence-corrected chi connectivity index (χ2v) is 9.64. The lowest BCUT2D eigenvalue weighted by Gasteiger charge is -2.25. The van der Waals surface area contributed by atoms with Crippen LogP contribution in [0.25, 0.3) is 11.1 Å². The van der Waals surface area contributed by atoms with E-state index < -0.39 is 23.9 Å². The number of aliphatic carboxylic acids is 1.